The van der Waals surface area contributed by atoms with E-state index in [9.17, 15) is 0 Å². The number of fused-ring (bicyclic) bond motifs is 5. The van der Waals surface area contributed by atoms with Crippen molar-refractivity contribution in [3.63, 3.8) is 0 Å². The van der Waals surface area contributed by atoms with E-state index >= 15 is 0 Å². The largest absolute Gasteiger partial charge is 0.310 e. The molecule has 0 fully saturated rings. The fourth-order valence-electron chi connectivity index (χ4n) is 7.62. The third-order valence-electron chi connectivity index (χ3n) is 10.2. The molecule has 0 amide bonds. The molecule has 258 valence electrons. The molecule has 2 heterocycles. The van der Waals surface area contributed by atoms with Crippen LogP contribution in [0, 0.1) is 0 Å². The van der Waals surface area contributed by atoms with Crippen LogP contribution in [0.3, 0.4) is 0 Å². The van der Waals surface area contributed by atoms with Crippen molar-refractivity contribution in [2.45, 2.75) is 0 Å². The van der Waals surface area contributed by atoms with Gasteiger partial charge in [0.25, 0.3) is 0 Å². The summed E-state index contributed by atoms with van der Waals surface area (Å²) in [5, 5.41) is 5.80. The first-order chi connectivity index (χ1) is 27.3. The molecule has 10 rings (SSSR count). The zero-order valence-electron chi connectivity index (χ0n) is 29.9. The van der Waals surface area contributed by atoms with Crippen molar-refractivity contribution in [2.24, 2.45) is 0 Å². The highest BCUT2D eigenvalue weighted by Gasteiger charge is 2.18. The molecule has 8 aromatic carbocycles. The maximum Gasteiger partial charge on any atom is 0.160 e. The van der Waals surface area contributed by atoms with Crippen LogP contribution in [0.2, 0.25) is 0 Å². The van der Waals surface area contributed by atoms with Gasteiger partial charge in [-0.05, 0) is 59.3 Å². The Kier molecular flexibility index (Phi) is 8.12. The lowest BCUT2D eigenvalue weighted by molar-refractivity contribution is 1.18. The second-order valence-electron chi connectivity index (χ2n) is 13.7. The average molecular weight is 703 g/mol. The lowest BCUT2D eigenvalue weighted by Gasteiger charge is -2.26. The van der Waals surface area contributed by atoms with Gasteiger partial charge in [-0.25, -0.2) is 15.0 Å². The van der Waals surface area contributed by atoms with Crippen LogP contribution in [-0.4, -0.2) is 15.0 Å². The fourth-order valence-corrected chi connectivity index (χ4v) is 7.62. The average Bonchev–Trinajstić information content (AvgIpc) is 3.27. The van der Waals surface area contributed by atoms with Crippen LogP contribution in [0.25, 0.3) is 77.6 Å². The summed E-state index contributed by atoms with van der Waals surface area (Å²) in [7, 11) is 0. The van der Waals surface area contributed by atoms with Crippen LogP contribution < -0.4 is 4.90 Å². The maximum atomic E-state index is 5.51. The molecule has 10 aromatic rings. The molecule has 0 N–H and O–H groups in total. The molecular formula is C51H34N4. The molecule has 0 aliphatic rings. The van der Waals surface area contributed by atoms with Crippen molar-refractivity contribution >= 4 is 49.5 Å². The van der Waals surface area contributed by atoms with E-state index < -0.39 is 0 Å². The van der Waals surface area contributed by atoms with Crippen LogP contribution in [-0.2, 0) is 0 Å². The zero-order chi connectivity index (χ0) is 36.6. The Morgan fingerprint density at radius 1 is 0.327 bits per heavy atom. The van der Waals surface area contributed by atoms with Crippen molar-refractivity contribution in [1.29, 1.82) is 0 Å². The predicted octanol–water partition coefficient (Wildman–Crippen LogP) is 13.5. The number of hydrogen-bond donors (Lipinski definition) is 0. The first-order valence-corrected chi connectivity index (χ1v) is 18.5. The maximum absolute atomic E-state index is 5.51. The Labute approximate surface area is 319 Å². The summed E-state index contributed by atoms with van der Waals surface area (Å²) in [5.74, 6) is 0.668. The van der Waals surface area contributed by atoms with Crippen molar-refractivity contribution in [3.8, 4) is 45.2 Å². The summed E-state index contributed by atoms with van der Waals surface area (Å²) in [5.41, 5.74) is 10.8. The summed E-state index contributed by atoms with van der Waals surface area (Å²) in [6.07, 6.45) is 0. The molecular weight excluding hydrogens is 669 g/mol. The van der Waals surface area contributed by atoms with Crippen molar-refractivity contribution in [1.82, 2.24) is 15.0 Å². The van der Waals surface area contributed by atoms with Crippen LogP contribution >= 0.6 is 0 Å². The number of rotatable bonds is 7. The summed E-state index contributed by atoms with van der Waals surface area (Å²) in [6, 6.07) is 72.0. The third-order valence-corrected chi connectivity index (χ3v) is 10.2. The Hall–Kier alpha value is -7.43. The molecule has 0 atom stereocenters. The lowest BCUT2D eigenvalue weighted by Crippen LogP contribution is -2.09. The summed E-state index contributed by atoms with van der Waals surface area (Å²) < 4.78 is 0. The van der Waals surface area contributed by atoms with E-state index in [-0.39, 0.29) is 0 Å². The molecule has 4 heteroatoms. The Morgan fingerprint density at radius 2 is 0.873 bits per heavy atom. The van der Waals surface area contributed by atoms with E-state index in [1.54, 1.807) is 0 Å². The molecule has 2 aromatic heterocycles. The molecule has 0 saturated heterocycles. The van der Waals surface area contributed by atoms with Crippen LogP contribution in [0.1, 0.15) is 0 Å². The van der Waals surface area contributed by atoms with E-state index in [0.29, 0.717) is 5.82 Å². The van der Waals surface area contributed by atoms with Gasteiger partial charge in [0, 0.05) is 55.5 Å². The van der Waals surface area contributed by atoms with Gasteiger partial charge in [0.2, 0.25) is 0 Å². The minimum absolute atomic E-state index is 0.668. The normalized spacial score (nSPS) is 11.3. The lowest BCUT2D eigenvalue weighted by atomic mass is 9.94. The van der Waals surface area contributed by atoms with Crippen molar-refractivity contribution in [3.05, 3.63) is 206 Å². The molecule has 0 bridgehead atoms. The Balaban J connectivity index is 1.19. The van der Waals surface area contributed by atoms with E-state index in [2.05, 4.69) is 175 Å². The first kappa shape index (κ1) is 32.2. The highest BCUT2D eigenvalue weighted by Crippen LogP contribution is 2.41. The third kappa shape index (κ3) is 6.06. The van der Waals surface area contributed by atoms with Crippen LogP contribution in [0.4, 0.5) is 17.1 Å². The van der Waals surface area contributed by atoms with E-state index in [1.165, 1.54) is 16.2 Å². The summed E-state index contributed by atoms with van der Waals surface area (Å²) in [4.78, 5) is 18.1. The fraction of sp³-hybridized carbons (Fsp3) is 0. The van der Waals surface area contributed by atoms with Gasteiger partial charge >= 0.3 is 0 Å². The van der Waals surface area contributed by atoms with Gasteiger partial charge in [0.1, 0.15) is 0 Å². The smallest absolute Gasteiger partial charge is 0.160 e. The van der Waals surface area contributed by atoms with Crippen LogP contribution in [0.5, 0.6) is 0 Å². The van der Waals surface area contributed by atoms with Crippen molar-refractivity contribution in [2.75, 3.05) is 4.90 Å². The Bertz CT molecular complexity index is 2870. The molecule has 0 aliphatic carbocycles. The molecule has 55 heavy (non-hydrogen) atoms. The quantitative estimate of drug-likeness (QED) is 0.155. The first-order valence-electron chi connectivity index (χ1n) is 18.5. The zero-order valence-corrected chi connectivity index (χ0v) is 29.9. The minimum Gasteiger partial charge on any atom is -0.310 e. The Morgan fingerprint density at radius 3 is 1.53 bits per heavy atom. The number of hydrogen-bond acceptors (Lipinski definition) is 4. The van der Waals surface area contributed by atoms with Crippen molar-refractivity contribution < 1.29 is 0 Å². The highest BCUT2D eigenvalue weighted by atomic mass is 15.1. The predicted molar refractivity (Wildman–Crippen MR) is 229 cm³/mol. The highest BCUT2D eigenvalue weighted by molar-refractivity contribution is 6.22. The van der Waals surface area contributed by atoms with Gasteiger partial charge in [-0.1, -0.05) is 158 Å². The SMILES string of the molecule is c1ccc(-c2cc(-c3ccccc3)nc(-c3cccc(-c4nc5cc(N(c6ccccc6)c6ccccc6)ccc5c5c4ccc4ccccc45)c3)n2)cc1. The number of anilines is 3. The minimum atomic E-state index is 0.668. The molecule has 0 saturated carbocycles. The second-order valence-corrected chi connectivity index (χ2v) is 13.7. The van der Waals surface area contributed by atoms with Gasteiger partial charge in [-0.3, -0.25) is 0 Å². The molecule has 0 unspecified atom stereocenters. The number of benzene rings is 8. The second kappa shape index (κ2) is 13.8. The standard InChI is InChI=1S/C51H34N4/c1-5-17-36(18-6-1)46-34-47(37-19-7-2-8-20-37)54-51(53-46)39-22-15-21-38(32-39)50-45-30-28-35-16-13-14-27-43(35)49(45)44-31-29-42(33-48(44)52-50)55(40-23-9-3-10-24-40)41-25-11-4-12-26-41/h1-34H. The number of aromatic nitrogens is 3. The van der Waals surface area contributed by atoms with Crippen LogP contribution in [0.15, 0.2) is 206 Å². The number of pyridine rings is 1. The summed E-state index contributed by atoms with van der Waals surface area (Å²) in [6.45, 7) is 0. The van der Waals surface area contributed by atoms with E-state index in [4.69, 9.17) is 15.0 Å². The van der Waals surface area contributed by atoms with E-state index in [0.717, 1.165) is 72.7 Å². The van der Waals surface area contributed by atoms with Gasteiger partial charge in [0.05, 0.1) is 22.6 Å². The topological polar surface area (TPSA) is 41.9 Å². The van der Waals surface area contributed by atoms with Gasteiger partial charge in [-0.2, -0.15) is 0 Å². The van der Waals surface area contributed by atoms with Gasteiger partial charge in [0.15, 0.2) is 5.82 Å². The molecule has 0 aliphatic heterocycles. The number of nitrogens with zero attached hydrogens (tertiary/aromatic N) is 4. The van der Waals surface area contributed by atoms with E-state index in [1.807, 2.05) is 36.4 Å². The van der Waals surface area contributed by atoms with Gasteiger partial charge in [-0.15, -0.1) is 0 Å². The molecule has 0 radical (unpaired) electrons. The number of para-hydroxylation sites is 2. The molecule has 0 spiro atoms. The summed E-state index contributed by atoms with van der Waals surface area (Å²) >= 11 is 0. The monoisotopic (exact) mass is 702 g/mol. The molecule has 4 nitrogen and oxygen atoms in total. The van der Waals surface area contributed by atoms with Gasteiger partial charge < -0.3 is 4.90 Å².